The lowest BCUT2D eigenvalue weighted by molar-refractivity contribution is -0.115. The quantitative estimate of drug-likeness (QED) is 0.669. The largest absolute Gasteiger partial charge is 0.495 e. The first-order valence-corrected chi connectivity index (χ1v) is 11.8. The van der Waals surface area contributed by atoms with Crippen LogP contribution in [0.5, 0.6) is 11.5 Å². The third kappa shape index (κ3) is 5.11. The number of carbonyl (C=O) groups is 1. The van der Waals surface area contributed by atoms with Crippen LogP contribution in [0, 0.1) is 0 Å². The van der Waals surface area contributed by atoms with Crippen molar-refractivity contribution in [2.24, 2.45) is 0 Å². The highest BCUT2D eigenvalue weighted by Gasteiger charge is 2.30. The zero-order valence-corrected chi connectivity index (χ0v) is 18.9. The van der Waals surface area contributed by atoms with Crippen LogP contribution in [0.4, 0.5) is 11.4 Å². The molecule has 0 bridgehead atoms. The van der Waals surface area contributed by atoms with Crippen molar-refractivity contribution in [3.8, 4) is 11.5 Å². The Morgan fingerprint density at radius 2 is 1.74 bits per heavy atom. The molecule has 1 N–H and O–H groups in total. The van der Waals surface area contributed by atoms with Gasteiger partial charge in [0.1, 0.15) is 11.5 Å². The number of sulfonamides is 1. The summed E-state index contributed by atoms with van der Waals surface area (Å²) in [6.07, 6.45) is 0.285. The maximum absolute atomic E-state index is 13.3. The van der Waals surface area contributed by atoms with Crippen molar-refractivity contribution in [2.45, 2.75) is 25.2 Å². The number of ether oxygens (including phenoxy) is 2. The fourth-order valence-electron chi connectivity index (χ4n) is 3.50. The molecule has 1 aliphatic heterocycles. The van der Waals surface area contributed by atoms with E-state index < -0.39 is 10.0 Å². The molecule has 2 aromatic rings. The van der Waals surface area contributed by atoms with Gasteiger partial charge in [0.15, 0.2) is 0 Å². The zero-order valence-electron chi connectivity index (χ0n) is 18.1. The minimum absolute atomic E-state index is 0.132. The van der Waals surface area contributed by atoms with Crippen LogP contribution in [0.2, 0.25) is 0 Å². The number of amides is 1. The van der Waals surface area contributed by atoms with Gasteiger partial charge in [0, 0.05) is 32.6 Å². The number of para-hydroxylation sites is 2. The molecule has 3 rings (SSSR count). The molecule has 1 heterocycles. The van der Waals surface area contributed by atoms with E-state index in [4.69, 9.17) is 9.47 Å². The van der Waals surface area contributed by atoms with Gasteiger partial charge < -0.3 is 19.7 Å². The SMILES string of the molecule is CCOc1ccc(S(=O)(=O)N2CCN(c3ccccc3OC)CC2)cc1NC(=O)CC. The van der Waals surface area contributed by atoms with Gasteiger partial charge in [0.25, 0.3) is 0 Å². The number of piperazine rings is 1. The lowest BCUT2D eigenvalue weighted by atomic mass is 10.2. The Hall–Kier alpha value is -2.78. The van der Waals surface area contributed by atoms with Crippen LogP contribution >= 0.6 is 0 Å². The van der Waals surface area contributed by atoms with Gasteiger partial charge in [0.05, 0.1) is 30.0 Å². The number of nitrogens with zero attached hydrogens (tertiary/aromatic N) is 2. The van der Waals surface area contributed by atoms with Crippen LogP contribution in [0.15, 0.2) is 47.4 Å². The van der Waals surface area contributed by atoms with E-state index in [0.29, 0.717) is 44.2 Å². The number of carbonyl (C=O) groups excluding carboxylic acids is 1. The Labute approximate surface area is 183 Å². The summed E-state index contributed by atoms with van der Waals surface area (Å²) in [5.41, 5.74) is 1.31. The Morgan fingerprint density at radius 3 is 2.39 bits per heavy atom. The fourth-order valence-corrected chi connectivity index (χ4v) is 4.95. The highest BCUT2D eigenvalue weighted by molar-refractivity contribution is 7.89. The molecule has 0 unspecified atom stereocenters. The van der Waals surface area contributed by atoms with E-state index in [-0.39, 0.29) is 17.2 Å². The van der Waals surface area contributed by atoms with Crippen molar-refractivity contribution in [2.75, 3.05) is 50.1 Å². The Kier molecular flexibility index (Phi) is 7.40. The number of nitrogens with one attached hydrogen (secondary N) is 1. The highest BCUT2D eigenvalue weighted by Crippen LogP contribution is 2.32. The van der Waals surface area contributed by atoms with Gasteiger partial charge >= 0.3 is 0 Å². The first-order valence-electron chi connectivity index (χ1n) is 10.4. The maximum Gasteiger partial charge on any atom is 0.243 e. The summed E-state index contributed by atoms with van der Waals surface area (Å²) in [5.74, 6) is 1.01. The fraction of sp³-hybridized carbons (Fsp3) is 0.409. The molecule has 0 atom stereocenters. The highest BCUT2D eigenvalue weighted by atomic mass is 32.2. The first kappa shape index (κ1) is 22.9. The number of benzene rings is 2. The molecule has 0 radical (unpaired) electrons. The lowest BCUT2D eigenvalue weighted by Crippen LogP contribution is -2.48. The normalized spacial score (nSPS) is 14.9. The Bertz CT molecular complexity index is 1020. The van der Waals surface area contributed by atoms with Crippen LogP contribution in [0.1, 0.15) is 20.3 Å². The molecule has 1 fully saturated rings. The number of hydrogen-bond acceptors (Lipinski definition) is 6. The minimum atomic E-state index is -3.71. The summed E-state index contributed by atoms with van der Waals surface area (Å²) < 4.78 is 39.0. The summed E-state index contributed by atoms with van der Waals surface area (Å²) in [6, 6.07) is 12.3. The van der Waals surface area contributed by atoms with Gasteiger partial charge in [-0.15, -0.1) is 0 Å². The molecular formula is C22H29N3O5S. The summed E-state index contributed by atoms with van der Waals surface area (Å²) in [5, 5.41) is 2.73. The molecule has 0 aliphatic carbocycles. The summed E-state index contributed by atoms with van der Waals surface area (Å²) in [7, 11) is -2.09. The average Bonchev–Trinajstić information content (AvgIpc) is 2.80. The molecule has 1 saturated heterocycles. The Morgan fingerprint density at radius 1 is 1.03 bits per heavy atom. The van der Waals surface area contributed by atoms with Crippen molar-refractivity contribution >= 4 is 27.3 Å². The third-order valence-electron chi connectivity index (χ3n) is 5.15. The van der Waals surface area contributed by atoms with Crippen molar-refractivity contribution in [3.63, 3.8) is 0 Å². The molecule has 1 aliphatic rings. The first-order chi connectivity index (χ1) is 14.9. The van der Waals surface area contributed by atoms with Crippen molar-refractivity contribution in [1.29, 1.82) is 0 Å². The molecule has 168 valence electrons. The monoisotopic (exact) mass is 447 g/mol. The summed E-state index contributed by atoms with van der Waals surface area (Å²) in [4.78, 5) is 14.1. The van der Waals surface area contributed by atoms with E-state index in [1.54, 1.807) is 20.1 Å². The van der Waals surface area contributed by atoms with E-state index in [1.165, 1.54) is 16.4 Å². The minimum Gasteiger partial charge on any atom is -0.495 e. The van der Waals surface area contributed by atoms with Crippen molar-refractivity contribution < 1.29 is 22.7 Å². The molecule has 9 heteroatoms. The molecule has 0 aromatic heterocycles. The second-order valence-electron chi connectivity index (χ2n) is 7.06. The van der Waals surface area contributed by atoms with Gasteiger partial charge in [0.2, 0.25) is 15.9 Å². The van der Waals surface area contributed by atoms with Crippen LogP contribution in [0.25, 0.3) is 0 Å². The zero-order chi connectivity index (χ0) is 22.4. The maximum atomic E-state index is 13.3. The molecule has 2 aromatic carbocycles. The van der Waals surface area contributed by atoms with Crippen molar-refractivity contribution in [1.82, 2.24) is 4.31 Å². The van der Waals surface area contributed by atoms with Crippen LogP contribution < -0.4 is 19.7 Å². The number of hydrogen-bond donors (Lipinski definition) is 1. The van der Waals surface area contributed by atoms with Gasteiger partial charge in [-0.05, 0) is 37.3 Å². The van der Waals surface area contributed by atoms with E-state index in [9.17, 15) is 13.2 Å². The van der Waals surface area contributed by atoms with E-state index in [2.05, 4.69) is 10.2 Å². The van der Waals surface area contributed by atoms with E-state index >= 15 is 0 Å². The topological polar surface area (TPSA) is 88.2 Å². The summed E-state index contributed by atoms with van der Waals surface area (Å²) >= 11 is 0. The number of rotatable bonds is 8. The molecule has 31 heavy (non-hydrogen) atoms. The standard InChI is InChI=1S/C22H29N3O5S/c1-4-22(26)23-18-16-17(10-11-20(18)30-5-2)31(27,28)25-14-12-24(13-15-25)19-8-6-7-9-21(19)29-3/h6-11,16H,4-5,12-15H2,1-3H3,(H,23,26). The van der Waals surface area contributed by atoms with Gasteiger partial charge in [-0.1, -0.05) is 19.1 Å². The van der Waals surface area contributed by atoms with Crippen LogP contribution in [-0.2, 0) is 14.8 Å². The Balaban J connectivity index is 1.79. The third-order valence-corrected chi connectivity index (χ3v) is 7.04. The van der Waals surface area contributed by atoms with E-state index in [1.807, 2.05) is 31.2 Å². The number of methoxy groups -OCH3 is 1. The number of anilines is 2. The van der Waals surface area contributed by atoms with Crippen LogP contribution in [-0.4, -0.2) is 58.5 Å². The van der Waals surface area contributed by atoms with Gasteiger partial charge in [-0.2, -0.15) is 4.31 Å². The molecule has 8 nitrogen and oxygen atoms in total. The van der Waals surface area contributed by atoms with Crippen molar-refractivity contribution in [3.05, 3.63) is 42.5 Å². The second kappa shape index (κ2) is 10.0. The predicted octanol–water partition coefficient (Wildman–Crippen LogP) is 2.95. The molecule has 1 amide bonds. The summed E-state index contributed by atoms with van der Waals surface area (Å²) in [6.45, 7) is 5.78. The van der Waals surface area contributed by atoms with E-state index in [0.717, 1.165) is 11.4 Å². The average molecular weight is 448 g/mol. The second-order valence-corrected chi connectivity index (χ2v) is 8.99. The predicted molar refractivity (Wildman–Crippen MR) is 120 cm³/mol. The van der Waals surface area contributed by atoms with Crippen LogP contribution in [0.3, 0.4) is 0 Å². The lowest BCUT2D eigenvalue weighted by Gasteiger charge is -2.36. The van der Waals surface area contributed by atoms with Gasteiger partial charge in [-0.25, -0.2) is 8.42 Å². The molecular weight excluding hydrogens is 418 g/mol. The molecule has 0 spiro atoms. The molecule has 0 saturated carbocycles. The van der Waals surface area contributed by atoms with Gasteiger partial charge in [-0.3, -0.25) is 4.79 Å². The smallest absolute Gasteiger partial charge is 0.243 e.